The molecule has 0 bridgehead atoms. The number of hydrogen-bond acceptors (Lipinski definition) is 5. The van der Waals surface area contributed by atoms with E-state index in [1.807, 2.05) is 0 Å². The normalized spacial score (nSPS) is 10.3. The highest BCUT2D eigenvalue weighted by Gasteiger charge is 2.20. The fourth-order valence-corrected chi connectivity index (χ4v) is 1.82. The topological polar surface area (TPSA) is 107 Å². The molecule has 0 aliphatic carbocycles. The van der Waals surface area contributed by atoms with Crippen molar-refractivity contribution in [2.45, 2.75) is 6.92 Å². The summed E-state index contributed by atoms with van der Waals surface area (Å²) in [6.45, 7) is 1.32. The van der Waals surface area contributed by atoms with Crippen LogP contribution in [0.5, 0.6) is 0 Å². The van der Waals surface area contributed by atoms with Crippen LogP contribution in [0.1, 0.15) is 16.1 Å². The first kappa shape index (κ1) is 15.3. The van der Waals surface area contributed by atoms with E-state index >= 15 is 0 Å². The van der Waals surface area contributed by atoms with Gasteiger partial charge in [-0.1, -0.05) is 0 Å². The van der Waals surface area contributed by atoms with Gasteiger partial charge in [-0.25, -0.2) is 9.07 Å². The average Bonchev–Trinajstić information content (AvgIpc) is 2.45. The van der Waals surface area contributed by atoms with Crippen LogP contribution in [0, 0.1) is 22.9 Å². The van der Waals surface area contributed by atoms with Crippen LogP contribution in [0.25, 0.3) is 0 Å². The summed E-state index contributed by atoms with van der Waals surface area (Å²) in [6.07, 6.45) is 0. The summed E-state index contributed by atoms with van der Waals surface area (Å²) in [6, 6.07) is 4.24. The third-order valence-electron chi connectivity index (χ3n) is 3.01. The zero-order valence-corrected chi connectivity index (χ0v) is 11.7. The van der Waals surface area contributed by atoms with E-state index in [1.54, 1.807) is 0 Å². The van der Waals surface area contributed by atoms with Crippen LogP contribution in [0.3, 0.4) is 0 Å². The van der Waals surface area contributed by atoms with Crippen molar-refractivity contribution in [3.05, 3.63) is 61.8 Å². The molecular weight excluding hydrogens is 295 g/mol. The molecule has 0 saturated heterocycles. The number of carbonyl (C=O) groups excluding carboxylic acids is 1. The summed E-state index contributed by atoms with van der Waals surface area (Å²) in [5.74, 6) is -1.58. The number of aryl methyl sites for hydroxylation is 1. The second-order valence-electron chi connectivity index (χ2n) is 4.46. The summed E-state index contributed by atoms with van der Waals surface area (Å²) in [5.41, 5.74) is -1.15. The van der Waals surface area contributed by atoms with Gasteiger partial charge in [-0.3, -0.25) is 19.7 Å². The number of hydrogen-bond donors (Lipinski definition) is 1. The minimum Gasteiger partial charge on any atom is -0.318 e. The van der Waals surface area contributed by atoms with Crippen LogP contribution >= 0.6 is 0 Å². The van der Waals surface area contributed by atoms with Crippen LogP contribution in [-0.2, 0) is 7.05 Å². The molecule has 0 aliphatic heterocycles. The Kier molecular flexibility index (Phi) is 3.97. The Morgan fingerprint density at radius 3 is 2.64 bits per heavy atom. The number of benzene rings is 1. The van der Waals surface area contributed by atoms with Crippen LogP contribution in [-0.4, -0.2) is 20.6 Å². The summed E-state index contributed by atoms with van der Waals surface area (Å²) in [7, 11) is 1.36. The Labute approximate surface area is 123 Å². The van der Waals surface area contributed by atoms with E-state index in [0.29, 0.717) is 0 Å². The summed E-state index contributed by atoms with van der Waals surface area (Å²) < 4.78 is 14.8. The van der Waals surface area contributed by atoms with E-state index in [4.69, 9.17) is 0 Å². The van der Waals surface area contributed by atoms with E-state index in [-0.39, 0.29) is 22.6 Å². The summed E-state index contributed by atoms with van der Waals surface area (Å²) in [5, 5.41) is 16.8. The molecular formula is C13H11FN4O4. The van der Waals surface area contributed by atoms with Gasteiger partial charge in [-0.05, 0) is 19.1 Å². The molecule has 0 saturated carbocycles. The van der Waals surface area contributed by atoms with Gasteiger partial charge in [0, 0.05) is 19.2 Å². The monoisotopic (exact) mass is 306 g/mol. The SMILES string of the molecule is Cc1c([N+](=O)[O-])ccc(F)c1NC(=O)c1ccc(=O)n(C)n1. The molecule has 1 N–H and O–H groups in total. The molecule has 0 spiro atoms. The van der Waals surface area contributed by atoms with Crippen LogP contribution in [0.15, 0.2) is 29.1 Å². The first-order valence-electron chi connectivity index (χ1n) is 6.10. The Balaban J connectivity index is 2.40. The lowest BCUT2D eigenvalue weighted by atomic mass is 10.1. The molecule has 1 aromatic heterocycles. The quantitative estimate of drug-likeness (QED) is 0.681. The van der Waals surface area contributed by atoms with E-state index in [9.17, 15) is 24.1 Å². The lowest BCUT2D eigenvalue weighted by Crippen LogP contribution is -2.24. The van der Waals surface area contributed by atoms with Gasteiger partial charge in [0.15, 0.2) is 0 Å². The van der Waals surface area contributed by atoms with Gasteiger partial charge in [0.1, 0.15) is 11.5 Å². The van der Waals surface area contributed by atoms with E-state index in [0.717, 1.165) is 22.9 Å². The van der Waals surface area contributed by atoms with Gasteiger partial charge in [-0.15, -0.1) is 0 Å². The zero-order chi connectivity index (χ0) is 16.4. The Bertz CT molecular complexity index is 831. The molecule has 0 radical (unpaired) electrons. The number of nitrogens with zero attached hydrogens (tertiary/aromatic N) is 3. The van der Waals surface area contributed by atoms with Crippen molar-refractivity contribution in [1.29, 1.82) is 0 Å². The number of aromatic nitrogens is 2. The van der Waals surface area contributed by atoms with Crippen molar-refractivity contribution in [3.8, 4) is 0 Å². The molecule has 8 nitrogen and oxygen atoms in total. The van der Waals surface area contributed by atoms with Gasteiger partial charge in [0.2, 0.25) is 0 Å². The largest absolute Gasteiger partial charge is 0.318 e. The number of nitrogens with one attached hydrogen (secondary N) is 1. The third-order valence-corrected chi connectivity index (χ3v) is 3.01. The highest BCUT2D eigenvalue weighted by atomic mass is 19.1. The molecule has 114 valence electrons. The zero-order valence-electron chi connectivity index (χ0n) is 11.7. The number of rotatable bonds is 3. The minimum atomic E-state index is -0.804. The maximum absolute atomic E-state index is 13.8. The van der Waals surface area contributed by atoms with Crippen LogP contribution in [0.4, 0.5) is 15.8 Å². The molecule has 0 unspecified atom stereocenters. The maximum Gasteiger partial charge on any atom is 0.276 e. The lowest BCUT2D eigenvalue weighted by Gasteiger charge is -2.09. The summed E-state index contributed by atoms with van der Waals surface area (Å²) >= 11 is 0. The number of halogens is 1. The van der Waals surface area contributed by atoms with Crippen molar-refractivity contribution in [2.75, 3.05) is 5.32 Å². The Hall–Kier alpha value is -3.10. The van der Waals surface area contributed by atoms with Crippen molar-refractivity contribution in [1.82, 2.24) is 9.78 Å². The van der Waals surface area contributed by atoms with Gasteiger partial charge < -0.3 is 5.32 Å². The van der Waals surface area contributed by atoms with Gasteiger partial charge in [0.05, 0.1) is 16.2 Å². The molecule has 2 rings (SSSR count). The highest BCUT2D eigenvalue weighted by Crippen LogP contribution is 2.28. The van der Waals surface area contributed by atoms with Crippen molar-refractivity contribution >= 4 is 17.3 Å². The Morgan fingerprint density at radius 1 is 1.36 bits per heavy atom. The Morgan fingerprint density at radius 2 is 2.05 bits per heavy atom. The molecule has 0 atom stereocenters. The van der Waals surface area contributed by atoms with Crippen molar-refractivity contribution < 1.29 is 14.1 Å². The first-order chi connectivity index (χ1) is 10.3. The molecule has 1 aromatic carbocycles. The molecule has 0 aliphatic rings. The number of anilines is 1. The minimum absolute atomic E-state index is 0.0110. The summed E-state index contributed by atoms with van der Waals surface area (Å²) in [4.78, 5) is 33.4. The molecule has 0 fully saturated rings. The fourth-order valence-electron chi connectivity index (χ4n) is 1.82. The predicted octanol–water partition coefficient (Wildman–Crippen LogP) is 1.39. The fraction of sp³-hybridized carbons (Fsp3) is 0.154. The van der Waals surface area contributed by atoms with E-state index in [2.05, 4.69) is 10.4 Å². The van der Waals surface area contributed by atoms with Crippen molar-refractivity contribution in [2.24, 2.45) is 7.05 Å². The number of amides is 1. The molecule has 1 amide bonds. The maximum atomic E-state index is 13.8. The molecule has 2 aromatic rings. The molecule has 1 heterocycles. The van der Waals surface area contributed by atoms with Gasteiger partial charge >= 0.3 is 0 Å². The second kappa shape index (κ2) is 5.72. The highest BCUT2D eigenvalue weighted by molar-refractivity contribution is 6.03. The standard InChI is InChI=1S/C13H11FN4O4/c1-7-10(18(21)22)5-3-8(14)12(7)15-13(20)9-4-6-11(19)17(2)16-9/h3-6H,1-2H3,(H,15,20). The van der Waals surface area contributed by atoms with E-state index in [1.165, 1.54) is 20.0 Å². The van der Waals surface area contributed by atoms with Crippen LogP contribution < -0.4 is 10.9 Å². The number of carbonyl (C=O) groups is 1. The number of nitro groups is 1. The average molecular weight is 306 g/mol. The van der Waals surface area contributed by atoms with Crippen LogP contribution in [0.2, 0.25) is 0 Å². The predicted molar refractivity (Wildman–Crippen MR) is 75.2 cm³/mol. The van der Waals surface area contributed by atoms with Gasteiger partial charge in [0.25, 0.3) is 17.2 Å². The smallest absolute Gasteiger partial charge is 0.276 e. The molecule has 9 heteroatoms. The number of nitro benzene ring substituents is 1. The first-order valence-corrected chi connectivity index (χ1v) is 6.10. The molecule has 22 heavy (non-hydrogen) atoms. The van der Waals surface area contributed by atoms with Crippen molar-refractivity contribution in [3.63, 3.8) is 0 Å². The third kappa shape index (κ3) is 2.82. The lowest BCUT2D eigenvalue weighted by molar-refractivity contribution is -0.385. The second-order valence-corrected chi connectivity index (χ2v) is 4.46. The van der Waals surface area contributed by atoms with E-state index < -0.39 is 22.2 Å². The van der Waals surface area contributed by atoms with Gasteiger partial charge in [-0.2, -0.15) is 5.10 Å².